The van der Waals surface area contributed by atoms with E-state index in [0.29, 0.717) is 35.4 Å². The number of nitrogens with zero attached hydrogens (tertiary/aromatic N) is 6. The highest BCUT2D eigenvalue weighted by Gasteiger charge is 2.18. The minimum Gasteiger partial charge on any atom is -0.479 e. The van der Waals surface area contributed by atoms with Crippen LogP contribution in [0.5, 0.6) is 5.88 Å². The molecule has 4 rings (SSSR count). The summed E-state index contributed by atoms with van der Waals surface area (Å²) in [6, 6.07) is 5.68. The van der Waals surface area contributed by atoms with Crippen LogP contribution in [0.3, 0.4) is 0 Å². The summed E-state index contributed by atoms with van der Waals surface area (Å²) in [4.78, 5) is 18.2. The summed E-state index contributed by atoms with van der Waals surface area (Å²) in [5.41, 5.74) is 3.64. The van der Waals surface area contributed by atoms with E-state index < -0.39 is 0 Å². The van der Waals surface area contributed by atoms with Gasteiger partial charge in [0.25, 0.3) is 0 Å². The number of anilines is 3. The second kappa shape index (κ2) is 8.99. The molecule has 0 amide bonds. The second-order valence-electron chi connectivity index (χ2n) is 8.29. The zero-order valence-corrected chi connectivity index (χ0v) is 19.7. The summed E-state index contributed by atoms with van der Waals surface area (Å²) >= 11 is 0. The molecule has 0 unspecified atom stereocenters. The molecule has 0 aromatic carbocycles. The Bertz CT molecular complexity index is 1280. The lowest BCUT2D eigenvalue weighted by Gasteiger charge is -2.23. The van der Waals surface area contributed by atoms with E-state index in [4.69, 9.17) is 9.47 Å². The topological polar surface area (TPSA) is 112 Å². The summed E-state index contributed by atoms with van der Waals surface area (Å²) in [5.74, 6) is 1.51. The number of rotatable bonds is 8. The van der Waals surface area contributed by atoms with Gasteiger partial charge < -0.3 is 20.1 Å². The number of aromatic nitrogens is 6. The number of hydrogen-bond acceptors (Lipinski definition) is 9. The predicted molar refractivity (Wildman–Crippen MR) is 128 cm³/mol. The average Bonchev–Trinajstić information content (AvgIpc) is 3.15. The third kappa shape index (κ3) is 4.85. The first-order valence-electron chi connectivity index (χ1n) is 10.5. The molecule has 0 fully saturated rings. The molecule has 0 aliphatic carbocycles. The normalized spacial score (nSPS) is 11.6. The molecule has 0 saturated carbocycles. The molecular weight excluding hydrogens is 420 g/mol. The third-order valence-electron chi connectivity index (χ3n) is 5.32. The number of aryl methyl sites for hydroxylation is 2. The number of ether oxygens (including phenoxy) is 2. The fraction of sp³-hybridized carbons (Fsp3) is 0.348. The van der Waals surface area contributed by atoms with E-state index in [1.807, 2.05) is 52.2 Å². The Kier molecular flexibility index (Phi) is 6.10. The van der Waals surface area contributed by atoms with E-state index in [2.05, 4.69) is 35.7 Å². The summed E-state index contributed by atoms with van der Waals surface area (Å²) in [5, 5.41) is 11.8. The minimum atomic E-state index is -0.342. The fourth-order valence-electron chi connectivity index (χ4n) is 3.33. The molecule has 10 nitrogen and oxygen atoms in total. The molecule has 0 spiro atoms. The van der Waals surface area contributed by atoms with Crippen molar-refractivity contribution in [2.24, 2.45) is 7.05 Å². The Labute approximate surface area is 192 Å². The lowest BCUT2D eigenvalue weighted by Crippen LogP contribution is -2.32. The lowest BCUT2D eigenvalue weighted by molar-refractivity contribution is 0.0343. The van der Waals surface area contributed by atoms with Crippen LogP contribution >= 0.6 is 0 Å². The van der Waals surface area contributed by atoms with Gasteiger partial charge in [-0.2, -0.15) is 5.10 Å². The third-order valence-corrected chi connectivity index (χ3v) is 5.32. The van der Waals surface area contributed by atoms with E-state index in [1.165, 1.54) is 0 Å². The van der Waals surface area contributed by atoms with E-state index in [1.54, 1.807) is 31.3 Å². The van der Waals surface area contributed by atoms with E-state index in [0.717, 1.165) is 22.3 Å². The second-order valence-corrected chi connectivity index (χ2v) is 8.29. The Morgan fingerprint density at radius 3 is 2.61 bits per heavy atom. The Morgan fingerprint density at radius 2 is 1.91 bits per heavy atom. The lowest BCUT2D eigenvalue weighted by atomic mass is 10.1. The van der Waals surface area contributed by atoms with Crippen molar-refractivity contribution in [3.05, 3.63) is 42.5 Å². The first-order chi connectivity index (χ1) is 15.8. The van der Waals surface area contributed by atoms with Gasteiger partial charge in [-0.25, -0.2) is 19.9 Å². The largest absolute Gasteiger partial charge is 0.479 e. The van der Waals surface area contributed by atoms with Gasteiger partial charge in [-0.15, -0.1) is 0 Å². The SMILES string of the molecule is COc1nc(-c2cn(C)nc2C)ccc1Nc1ncc2ccnc(NCC(C)(C)OC)c2n1. The van der Waals surface area contributed by atoms with Crippen molar-refractivity contribution in [3.8, 4) is 17.1 Å². The number of fused-ring (bicyclic) bond motifs is 1. The van der Waals surface area contributed by atoms with Crippen LogP contribution in [0.2, 0.25) is 0 Å². The van der Waals surface area contributed by atoms with Crippen LogP contribution in [-0.2, 0) is 11.8 Å². The molecule has 33 heavy (non-hydrogen) atoms. The smallest absolute Gasteiger partial charge is 0.238 e. The Morgan fingerprint density at radius 1 is 1.09 bits per heavy atom. The summed E-state index contributed by atoms with van der Waals surface area (Å²) in [6.07, 6.45) is 5.42. The first kappa shape index (κ1) is 22.4. The molecule has 10 heteroatoms. The van der Waals surface area contributed by atoms with Gasteiger partial charge >= 0.3 is 0 Å². The van der Waals surface area contributed by atoms with Crippen LogP contribution in [0.4, 0.5) is 17.5 Å². The van der Waals surface area contributed by atoms with Crippen molar-refractivity contribution >= 4 is 28.4 Å². The molecular formula is C23H28N8O2. The fourth-order valence-corrected chi connectivity index (χ4v) is 3.33. The van der Waals surface area contributed by atoms with E-state index in [9.17, 15) is 0 Å². The van der Waals surface area contributed by atoms with Gasteiger partial charge in [0.2, 0.25) is 11.8 Å². The van der Waals surface area contributed by atoms with Gasteiger partial charge in [-0.05, 0) is 39.0 Å². The molecule has 0 aliphatic rings. The van der Waals surface area contributed by atoms with Crippen molar-refractivity contribution in [1.82, 2.24) is 29.7 Å². The number of methoxy groups -OCH3 is 2. The molecule has 4 aromatic rings. The molecule has 172 valence electrons. The number of pyridine rings is 2. The molecule has 4 aromatic heterocycles. The highest BCUT2D eigenvalue weighted by Crippen LogP contribution is 2.30. The minimum absolute atomic E-state index is 0.342. The molecule has 0 radical (unpaired) electrons. The van der Waals surface area contributed by atoms with Crippen molar-refractivity contribution < 1.29 is 9.47 Å². The van der Waals surface area contributed by atoms with Gasteiger partial charge in [0.1, 0.15) is 11.2 Å². The highest BCUT2D eigenvalue weighted by molar-refractivity contribution is 5.88. The van der Waals surface area contributed by atoms with Crippen LogP contribution in [0, 0.1) is 6.92 Å². The molecule has 0 aliphatic heterocycles. The van der Waals surface area contributed by atoms with E-state index >= 15 is 0 Å². The van der Waals surface area contributed by atoms with Crippen LogP contribution in [0.15, 0.2) is 36.8 Å². The maximum atomic E-state index is 5.53. The average molecular weight is 449 g/mol. The van der Waals surface area contributed by atoms with Crippen LogP contribution in [0.1, 0.15) is 19.5 Å². The van der Waals surface area contributed by atoms with Gasteiger partial charge in [0, 0.05) is 50.2 Å². The quantitative estimate of drug-likeness (QED) is 0.416. The standard InChI is InChI=1S/C23H28N8O2/c1-14-16(12-31(4)30-14)17-7-8-18(21(27-17)32-5)28-22-25-11-15-9-10-24-20(19(15)29-22)26-13-23(2,3)33-6/h7-12H,13H2,1-6H3,(H,24,26)(H,25,28,29). The van der Waals surface area contributed by atoms with Crippen molar-refractivity contribution in [2.75, 3.05) is 31.4 Å². The van der Waals surface area contributed by atoms with Crippen LogP contribution < -0.4 is 15.4 Å². The highest BCUT2D eigenvalue weighted by atomic mass is 16.5. The molecule has 0 saturated heterocycles. The molecule has 2 N–H and O–H groups in total. The maximum Gasteiger partial charge on any atom is 0.238 e. The van der Waals surface area contributed by atoms with Gasteiger partial charge in [0.15, 0.2) is 5.82 Å². The monoisotopic (exact) mass is 448 g/mol. The van der Waals surface area contributed by atoms with Crippen molar-refractivity contribution in [1.29, 1.82) is 0 Å². The molecule has 4 heterocycles. The zero-order chi connectivity index (χ0) is 23.6. The molecule has 0 atom stereocenters. The van der Waals surface area contributed by atoms with Gasteiger partial charge in [-0.1, -0.05) is 0 Å². The first-order valence-corrected chi connectivity index (χ1v) is 10.5. The number of nitrogens with one attached hydrogen (secondary N) is 2. The Hall–Kier alpha value is -3.79. The van der Waals surface area contributed by atoms with Crippen molar-refractivity contribution in [3.63, 3.8) is 0 Å². The summed E-state index contributed by atoms with van der Waals surface area (Å²) in [6.45, 7) is 6.54. The maximum absolute atomic E-state index is 5.53. The van der Waals surface area contributed by atoms with Crippen LogP contribution in [-0.4, -0.2) is 56.1 Å². The summed E-state index contributed by atoms with van der Waals surface area (Å²) in [7, 11) is 5.15. The zero-order valence-electron chi connectivity index (χ0n) is 19.7. The summed E-state index contributed by atoms with van der Waals surface area (Å²) < 4.78 is 12.8. The van der Waals surface area contributed by atoms with Crippen molar-refractivity contribution in [2.45, 2.75) is 26.4 Å². The van der Waals surface area contributed by atoms with E-state index in [-0.39, 0.29) is 5.60 Å². The van der Waals surface area contributed by atoms with Gasteiger partial charge in [-0.3, -0.25) is 4.68 Å². The van der Waals surface area contributed by atoms with Crippen LogP contribution in [0.25, 0.3) is 22.2 Å². The predicted octanol–water partition coefficient (Wildman–Crippen LogP) is 3.72. The Balaban J connectivity index is 1.63. The number of hydrogen-bond donors (Lipinski definition) is 2. The molecule has 0 bridgehead atoms. The van der Waals surface area contributed by atoms with Gasteiger partial charge in [0.05, 0.1) is 24.1 Å².